The lowest BCUT2D eigenvalue weighted by Crippen LogP contribution is -2.17. The standard InChI is InChI=1S/C13H16N4/c1-10-3-5-11(6-4-10)9-17(2)13-8-15-12(14)7-16-13/h3-8H,9H2,1-2H3,(H2,14,15). The number of anilines is 2. The number of nitrogens with zero attached hydrogens (tertiary/aromatic N) is 3. The lowest BCUT2D eigenvalue weighted by Gasteiger charge is -2.17. The Morgan fingerprint density at radius 1 is 1.12 bits per heavy atom. The van der Waals surface area contributed by atoms with Crippen LogP contribution in [-0.4, -0.2) is 17.0 Å². The lowest BCUT2D eigenvalue weighted by atomic mass is 10.1. The molecule has 0 aliphatic rings. The van der Waals surface area contributed by atoms with Crippen molar-refractivity contribution in [1.29, 1.82) is 0 Å². The molecule has 0 aliphatic heterocycles. The van der Waals surface area contributed by atoms with Crippen molar-refractivity contribution in [3.05, 3.63) is 47.8 Å². The van der Waals surface area contributed by atoms with Crippen LogP contribution in [0.4, 0.5) is 11.6 Å². The average molecular weight is 228 g/mol. The quantitative estimate of drug-likeness (QED) is 0.873. The number of nitrogens with two attached hydrogens (primary N) is 1. The normalized spacial score (nSPS) is 10.2. The highest BCUT2D eigenvalue weighted by molar-refractivity contribution is 5.39. The molecule has 0 radical (unpaired) electrons. The van der Waals surface area contributed by atoms with Crippen molar-refractivity contribution in [3.63, 3.8) is 0 Å². The Morgan fingerprint density at radius 3 is 2.41 bits per heavy atom. The van der Waals surface area contributed by atoms with Crippen LogP contribution in [0, 0.1) is 6.92 Å². The molecule has 0 saturated heterocycles. The van der Waals surface area contributed by atoms with Gasteiger partial charge in [0.15, 0.2) is 0 Å². The summed E-state index contributed by atoms with van der Waals surface area (Å²) < 4.78 is 0. The molecule has 0 unspecified atom stereocenters. The summed E-state index contributed by atoms with van der Waals surface area (Å²) in [7, 11) is 1.99. The first-order valence-corrected chi connectivity index (χ1v) is 5.49. The Labute approximate surface area is 101 Å². The van der Waals surface area contributed by atoms with Crippen LogP contribution < -0.4 is 10.6 Å². The van der Waals surface area contributed by atoms with Gasteiger partial charge in [0.1, 0.15) is 11.6 Å². The van der Waals surface area contributed by atoms with Gasteiger partial charge < -0.3 is 10.6 Å². The zero-order chi connectivity index (χ0) is 12.3. The van der Waals surface area contributed by atoms with E-state index in [-0.39, 0.29) is 0 Å². The Bertz CT molecular complexity index is 476. The van der Waals surface area contributed by atoms with Gasteiger partial charge in [-0.05, 0) is 12.5 Å². The summed E-state index contributed by atoms with van der Waals surface area (Å²) in [6.45, 7) is 2.89. The third-order valence-electron chi connectivity index (χ3n) is 2.59. The second-order valence-corrected chi connectivity index (χ2v) is 4.14. The zero-order valence-corrected chi connectivity index (χ0v) is 10.1. The van der Waals surface area contributed by atoms with E-state index >= 15 is 0 Å². The fourth-order valence-electron chi connectivity index (χ4n) is 1.58. The Hall–Kier alpha value is -2.10. The Morgan fingerprint density at radius 2 is 1.82 bits per heavy atom. The predicted molar refractivity (Wildman–Crippen MR) is 69.7 cm³/mol. The van der Waals surface area contributed by atoms with Gasteiger partial charge in [0.25, 0.3) is 0 Å². The van der Waals surface area contributed by atoms with Crippen LogP contribution in [0.1, 0.15) is 11.1 Å². The molecule has 1 aromatic heterocycles. The van der Waals surface area contributed by atoms with Gasteiger partial charge in [0, 0.05) is 13.6 Å². The van der Waals surface area contributed by atoms with Crippen LogP contribution in [0.2, 0.25) is 0 Å². The topological polar surface area (TPSA) is 55.0 Å². The van der Waals surface area contributed by atoms with Crippen LogP contribution >= 0.6 is 0 Å². The maximum atomic E-state index is 5.50. The molecule has 0 bridgehead atoms. The van der Waals surface area contributed by atoms with Gasteiger partial charge in [-0.3, -0.25) is 0 Å². The van der Waals surface area contributed by atoms with E-state index < -0.39 is 0 Å². The van der Waals surface area contributed by atoms with Crippen LogP contribution in [0.5, 0.6) is 0 Å². The van der Waals surface area contributed by atoms with Gasteiger partial charge in [0.2, 0.25) is 0 Å². The maximum absolute atomic E-state index is 5.50. The molecule has 0 saturated carbocycles. The first kappa shape index (κ1) is 11.4. The molecule has 2 N–H and O–H groups in total. The van der Waals surface area contributed by atoms with E-state index in [1.165, 1.54) is 11.1 Å². The van der Waals surface area contributed by atoms with Crippen LogP contribution in [0.25, 0.3) is 0 Å². The molecule has 0 atom stereocenters. The van der Waals surface area contributed by atoms with Gasteiger partial charge in [-0.25, -0.2) is 9.97 Å². The molecule has 1 aromatic carbocycles. The molecular weight excluding hydrogens is 212 g/mol. The third kappa shape index (κ3) is 2.93. The molecule has 2 aromatic rings. The molecule has 17 heavy (non-hydrogen) atoms. The minimum Gasteiger partial charge on any atom is -0.382 e. The van der Waals surface area contributed by atoms with E-state index in [4.69, 9.17) is 5.73 Å². The minimum absolute atomic E-state index is 0.442. The summed E-state index contributed by atoms with van der Waals surface area (Å²) in [5.41, 5.74) is 8.02. The van der Waals surface area contributed by atoms with Gasteiger partial charge >= 0.3 is 0 Å². The van der Waals surface area contributed by atoms with Crippen molar-refractivity contribution in [3.8, 4) is 0 Å². The predicted octanol–water partition coefficient (Wildman–Crippen LogP) is 2.00. The van der Waals surface area contributed by atoms with E-state index in [1.807, 2.05) is 11.9 Å². The molecule has 0 fully saturated rings. The highest BCUT2D eigenvalue weighted by atomic mass is 15.2. The number of aromatic nitrogens is 2. The van der Waals surface area contributed by atoms with Crippen molar-refractivity contribution in [2.24, 2.45) is 0 Å². The van der Waals surface area contributed by atoms with E-state index in [0.29, 0.717) is 5.82 Å². The first-order chi connectivity index (χ1) is 8.15. The lowest BCUT2D eigenvalue weighted by molar-refractivity contribution is 0.891. The average Bonchev–Trinajstić information content (AvgIpc) is 2.33. The SMILES string of the molecule is Cc1ccc(CN(C)c2cnc(N)cn2)cc1. The summed E-state index contributed by atoms with van der Waals surface area (Å²) in [4.78, 5) is 10.3. The molecular formula is C13H16N4. The zero-order valence-electron chi connectivity index (χ0n) is 10.1. The molecule has 0 spiro atoms. The molecule has 0 aliphatic carbocycles. The fraction of sp³-hybridized carbons (Fsp3) is 0.231. The van der Waals surface area contributed by atoms with E-state index in [0.717, 1.165) is 12.4 Å². The summed E-state index contributed by atoms with van der Waals surface area (Å²) in [5, 5.41) is 0. The first-order valence-electron chi connectivity index (χ1n) is 5.49. The Balaban J connectivity index is 2.08. The third-order valence-corrected chi connectivity index (χ3v) is 2.59. The van der Waals surface area contributed by atoms with Gasteiger partial charge in [-0.15, -0.1) is 0 Å². The van der Waals surface area contributed by atoms with E-state index in [2.05, 4.69) is 41.2 Å². The minimum atomic E-state index is 0.442. The van der Waals surface area contributed by atoms with Crippen LogP contribution in [0.3, 0.4) is 0 Å². The molecule has 88 valence electrons. The van der Waals surface area contributed by atoms with Crippen LogP contribution in [0.15, 0.2) is 36.7 Å². The van der Waals surface area contributed by atoms with Crippen LogP contribution in [-0.2, 0) is 6.54 Å². The second kappa shape index (κ2) is 4.82. The van der Waals surface area contributed by atoms with Crippen molar-refractivity contribution in [2.45, 2.75) is 13.5 Å². The van der Waals surface area contributed by atoms with Crippen molar-refractivity contribution < 1.29 is 0 Å². The number of aryl methyl sites for hydroxylation is 1. The molecule has 4 heteroatoms. The molecule has 2 rings (SSSR count). The number of hydrogen-bond donors (Lipinski definition) is 1. The molecule has 1 heterocycles. The number of benzene rings is 1. The largest absolute Gasteiger partial charge is 0.382 e. The number of nitrogen functional groups attached to an aromatic ring is 1. The van der Waals surface area contributed by atoms with Crippen molar-refractivity contribution >= 4 is 11.6 Å². The van der Waals surface area contributed by atoms with Crippen molar-refractivity contribution in [1.82, 2.24) is 9.97 Å². The smallest absolute Gasteiger partial charge is 0.147 e. The molecule has 0 amide bonds. The van der Waals surface area contributed by atoms with Gasteiger partial charge in [-0.2, -0.15) is 0 Å². The van der Waals surface area contributed by atoms with E-state index in [1.54, 1.807) is 12.4 Å². The highest BCUT2D eigenvalue weighted by Crippen LogP contribution is 2.12. The second-order valence-electron chi connectivity index (χ2n) is 4.14. The van der Waals surface area contributed by atoms with Gasteiger partial charge in [-0.1, -0.05) is 29.8 Å². The summed E-state index contributed by atoms with van der Waals surface area (Å²) in [6, 6.07) is 8.46. The number of hydrogen-bond acceptors (Lipinski definition) is 4. The van der Waals surface area contributed by atoms with E-state index in [9.17, 15) is 0 Å². The number of rotatable bonds is 3. The van der Waals surface area contributed by atoms with Crippen molar-refractivity contribution in [2.75, 3.05) is 17.7 Å². The maximum Gasteiger partial charge on any atom is 0.147 e. The summed E-state index contributed by atoms with van der Waals surface area (Å²) in [6.07, 6.45) is 3.25. The summed E-state index contributed by atoms with van der Waals surface area (Å²) >= 11 is 0. The highest BCUT2D eigenvalue weighted by Gasteiger charge is 2.03. The molecule has 4 nitrogen and oxygen atoms in total. The Kier molecular flexibility index (Phi) is 3.23. The fourth-order valence-corrected chi connectivity index (χ4v) is 1.58. The van der Waals surface area contributed by atoms with Gasteiger partial charge in [0.05, 0.1) is 12.4 Å². The summed E-state index contributed by atoms with van der Waals surface area (Å²) in [5.74, 6) is 1.26. The monoisotopic (exact) mass is 228 g/mol.